The summed E-state index contributed by atoms with van der Waals surface area (Å²) in [6.07, 6.45) is 0. The highest BCUT2D eigenvalue weighted by Gasteiger charge is 2.51. The number of halogens is 4. The Hall–Kier alpha value is -1.67. The van der Waals surface area contributed by atoms with Crippen LogP contribution in [0, 0.1) is 0 Å². The third-order valence-electron chi connectivity index (χ3n) is 4.35. The Morgan fingerprint density at radius 1 is 0.724 bits per heavy atom. The maximum Gasteiger partial charge on any atom is 0.283 e. The first-order valence-electron chi connectivity index (χ1n) is 7.89. The molecule has 3 rings (SSSR count). The largest absolute Gasteiger partial charge is 0.508 e. The molecule has 152 valence electrons. The van der Waals surface area contributed by atoms with Crippen LogP contribution in [-0.4, -0.2) is 23.2 Å². The second-order valence-electron chi connectivity index (χ2n) is 6.10. The predicted octanol–water partition coefficient (Wildman–Crippen LogP) is 5.89. The molecule has 0 atom stereocenters. The zero-order chi connectivity index (χ0) is 21.6. The molecule has 5 nitrogen and oxygen atoms in total. The van der Waals surface area contributed by atoms with Gasteiger partial charge in [0.25, 0.3) is 10.1 Å². The summed E-state index contributed by atoms with van der Waals surface area (Å²) in [4.78, 5) is 0. The Morgan fingerprint density at radius 3 is 1.52 bits per heavy atom. The average Bonchev–Trinajstić information content (AvgIpc) is 2.63. The third kappa shape index (κ3) is 3.65. The van der Waals surface area contributed by atoms with E-state index >= 15 is 0 Å². The summed E-state index contributed by atoms with van der Waals surface area (Å²) in [5, 5.41) is 19.4. The summed E-state index contributed by atoms with van der Waals surface area (Å²) in [6, 6.07) is 11.8. The number of aromatic hydroxyl groups is 2. The van der Waals surface area contributed by atoms with Crippen molar-refractivity contribution in [2.75, 3.05) is 0 Å². The Balaban J connectivity index is 2.66. The van der Waals surface area contributed by atoms with Crippen molar-refractivity contribution in [1.29, 1.82) is 0 Å². The lowest BCUT2D eigenvalue weighted by Gasteiger charge is -2.34. The van der Waals surface area contributed by atoms with Crippen LogP contribution in [0.2, 0.25) is 20.1 Å². The Bertz CT molecular complexity index is 1140. The molecular formula is C19H12Cl4O5S. The molecule has 0 amide bonds. The van der Waals surface area contributed by atoms with Gasteiger partial charge in [-0.2, -0.15) is 8.42 Å². The van der Waals surface area contributed by atoms with E-state index in [0.29, 0.717) is 0 Å². The van der Waals surface area contributed by atoms with Crippen LogP contribution in [0.15, 0.2) is 54.6 Å². The number of phenols is 2. The third-order valence-corrected chi connectivity index (χ3v) is 7.41. The topological polar surface area (TPSA) is 94.8 Å². The lowest BCUT2D eigenvalue weighted by atomic mass is 9.83. The van der Waals surface area contributed by atoms with E-state index in [9.17, 15) is 23.2 Å². The van der Waals surface area contributed by atoms with Crippen molar-refractivity contribution in [3.63, 3.8) is 0 Å². The summed E-state index contributed by atoms with van der Waals surface area (Å²) in [5.74, 6) is -0.804. The first-order chi connectivity index (χ1) is 13.5. The van der Waals surface area contributed by atoms with Crippen molar-refractivity contribution in [1.82, 2.24) is 0 Å². The number of phenolic OH excluding ortho intramolecular Hbond substituents is 2. The molecule has 0 fully saturated rings. The zero-order valence-corrected chi connectivity index (χ0v) is 18.1. The van der Waals surface area contributed by atoms with E-state index in [1.54, 1.807) is 6.07 Å². The average molecular weight is 494 g/mol. The molecule has 0 heterocycles. The molecule has 0 aliphatic rings. The fourth-order valence-electron chi connectivity index (χ4n) is 3.22. The van der Waals surface area contributed by atoms with Gasteiger partial charge in [0.2, 0.25) is 0 Å². The fraction of sp³-hybridized carbons (Fsp3) is 0.0526. The lowest BCUT2D eigenvalue weighted by Crippen LogP contribution is -2.39. The van der Waals surface area contributed by atoms with Crippen molar-refractivity contribution in [3.8, 4) is 11.5 Å². The molecule has 0 unspecified atom stereocenters. The minimum Gasteiger partial charge on any atom is -0.508 e. The molecule has 10 heteroatoms. The van der Waals surface area contributed by atoms with Gasteiger partial charge < -0.3 is 10.2 Å². The number of hydrogen-bond donors (Lipinski definition) is 3. The molecule has 0 spiro atoms. The summed E-state index contributed by atoms with van der Waals surface area (Å²) >= 11 is 24.8. The lowest BCUT2D eigenvalue weighted by molar-refractivity contribution is 0.455. The van der Waals surface area contributed by atoms with Crippen LogP contribution in [0.4, 0.5) is 0 Å². The molecule has 3 aromatic rings. The van der Waals surface area contributed by atoms with E-state index in [1.807, 2.05) is 0 Å². The summed E-state index contributed by atoms with van der Waals surface area (Å²) in [6.45, 7) is 0. The minimum absolute atomic E-state index is 0.0228. The van der Waals surface area contributed by atoms with Gasteiger partial charge in [-0.1, -0.05) is 76.7 Å². The highest BCUT2D eigenvalue weighted by molar-refractivity contribution is 7.87. The monoisotopic (exact) mass is 492 g/mol. The van der Waals surface area contributed by atoms with Gasteiger partial charge in [-0.25, -0.2) is 0 Å². The first-order valence-corrected chi connectivity index (χ1v) is 10.8. The van der Waals surface area contributed by atoms with Crippen LogP contribution in [0.1, 0.15) is 16.7 Å². The molecular weight excluding hydrogens is 482 g/mol. The molecule has 0 bridgehead atoms. The van der Waals surface area contributed by atoms with Crippen molar-refractivity contribution < 1.29 is 23.2 Å². The SMILES string of the molecule is O=S(=O)(O)C(c1ccccc1)(c1cc(O)cc(Cl)c1Cl)c1cc(O)cc(Cl)c1Cl. The second kappa shape index (κ2) is 7.87. The zero-order valence-electron chi connectivity index (χ0n) is 14.3. The van der Waals surface area contributed by atoms with Crippen LogP contribution < -0.4 is 0 Å². The normalized spacial score (nSPS) is 12.2. The minimum atomic E-state index is -5.11. The molecule has 0 aliphatic heterocycles. The van der Waals surface area contributed by atoms with E-state index in [4.69, 9.17) is 46.4 Å². The quantitative estimate of drug-likeness (QED) is 0.311. The van der Waals surface area contributed by atoms with Crippen molar-refractivity contribution in [2.24, 2.45) is 0 Å². The van der Waals surface area contributed by atoms with Crippen molar-refractivity contribution >= 4 is 56.5 Å². The van der Waals surface area contributed by atoms with Gasteiger partial charge in [-0.3, -0.25) is 4.55 Å². The van der Waals surface area contributed by atoms with Crippen LogP contribution in [0.3, 0.4) is 0 Å². The van der Waals surface area contributed by atoms with Gasteiger partial charge in [0.15, 0.2) is 4.75 Å². The van der Waals surface area contributed by atoms with E-state index < -0.39 is 26.4 Å². The summed E-state index contributed by atoms with van der Waals surface area (Å²) < 4.78 is 34.0. The summed E-state index contributed by atoms with van der Waals surface area (Å²) in [5.41, 5.74) is -0.530. The van der Waals surface area contributed by atoms with Crippen LogP contribution >= 0.6 is 46.4 Å². The fourth-order valence-corrected chi connectivity index (χ4v) is 5.57. The van der Waals surface area contributed by atoms with Gasteiger partial charge in [-0.05, 0) is 17.7 Å². The second-order valence-corrected chi connectivity index (χ2v) is 9.23. The van der Waals surface area contributed by atoms with Crippen LogP contribution in [0.25, 0.3) is 0 Å². The van der Waals surface area contributed by atoms with Crippen molar-refractivity contribution in [2.45, 2.75) is 4.75 Å². The van der Waals surface area contributed by atoms with Crippen molar-refractivity contribution in [3.05, 3.63) is 91.4 Å². The molecule has 0 saturated heterocycles. The maximum atomic E-state index is 13.0. The highest BCUT2D eigenvalue weighted by Crippen LogP contribution is 2.52. The van der Waals surface area contributed by atoms with Gasteiger partial charge in [0.05, 0.1) is 20.1 Å². The molecule has 29 heavy (non-hydrogen) atoms. The van der Waals surface area contributed by atoms with Gasteiger partial charge in [-0.15, -0.1) is 0 Å². The standard InChI is InChI=1S/C19H12Cl4O5S/c20-15-8-11(24)6-13(17(15)22)19(29(26,27)28,10-4-2-1-3-5-10)14-7-12(25)9-16(21)18(14)23/h1-9,24-25H,(H,26,27,28). The van der Waals surface area contributed by atoms with Crippen LogP contribution in [-0.2, 0) is 14.9 Å². The molecule has 0 saturated carbocycles. The first kappa shape index (κ1) is 22.0. The Labute approximate surface area is 186 Å². The van der Waals surface area contributed by atoms with Gasteiger partial charge in [0, 0.05) is 23.3 Å². The van der Waals surface area contributed by atoms with Gasteiger partial charge in [0.1, 0.15) is 11.5 Å². The molecule has 3 N–H and O–H groups in total. The predicted molar refractivity (Wildman–Crippen MR) is 114 cm³/mol. The number of benzene rings is 3. The number of hydrogen-bond acceptors (Lipinski definition) is 4. The van der Waals surface area contributed by atoms with Crippen LogP contribution in [0.5, 0.6) is 11.5 Å². The highest BCUT2D eigenvalue weighted by atomic mass is 35.5. The summed E-state index contributed by atoms with van der Waals surface area (Å²) in [7, 11) is -5.11. The number of rotatable bonds is 4. The van der Waals surface area contributed by atoms with E-state index in [0.717, 1.165) is 24.3 Å². The van der Waals surface area contributed by atoms with E-state index in [2.05, 4.69) is 0 Å². The maximum absolute atomic E-state index is 13.0. The van der Waals surface area contributed by atoms with E-state index in [-0.39, 0.29) is 36.8 Å². The molecule has 0 radical (unpaired) electrons. The van der Waals surface area contributed by atoms with E-state index in [1.165, 1.54) is 24.3 Å². The Morgan fingerprint density at radius 2 is 1.14 bits per heavy atom. The Kier molecular flexibility index (Phi) is 5.98. The smallest absolute Gasteiger partial charge is 0.283 e. The molecule has 3 aromatic carbocycles. The molecule has 0 aromatic heterocycles. The van der Waals surface area contributed by atoms with Gasteiger partial charge >= 0.3 is 0 Å². The molecule has 0 aliphatic carbocycles.